The molecule has 1 heterocycles. The van der Waals surface area contributed by atoms with E-state index >= 15 is 0 Å². The second-order valence-corrected chi connectivity index (χ2v) is 6.73. The van der Waals surface area contributed by atoms with Crippen LogP contribution in [0.15, 0.2) is 24.3 Å². The molecule has 1 aliphatic rings. The number of nitrogens with zero attached hydrogens (tertiary/aromatic N) is 2. The Bertz CT molecular complexity index is 272. The first-order valence-corrected chi connectivity index (χ1v) is 7.32. The summed E-state index contributed by atoms with van der Waals surface area (Å²) in [6, 6.07) is 8.77. The first-order valence-electron chi connectivity index (χ1n) is 4.77. The fraction of sp³-hybridized carbons (Fsp3) is 0.400. The van der Waals surface area contributed by atoms with E-state index in [1.165, 1.54) is 24.5 Å². The second kappa shape index (κ2) is 3.78. The van der Waals surface area contributed by atoms with Gasteiger partial charge in [-0.15, -0.1) is 0 Å². The number of fused-ring (bicyclic) bond motifs is 1. The fourth-order valence-corrected chi connectivity index (χ4v) is 4.99. The molecule has 68 valence electrons. The minimum absolute atomic E-state index is 0.499. The molecule has 0 aromatic heterocycles. The molecule has 0 unspecified atom stereocenters. The molecule has 2 radical (unpaired) electrons. The van der Waals surface area contributed by atoms with Crippen LogP contribution < -0.4 is 6.24 Å². The molecule has 2 nitrogen and oxygen atoms in total. The summed E-state index contributed by atoms with van der Waals surface area (Å²) >= 11 is -0.499. The van der Waals surface area contributed by atoms with Gasteiger partial charge in [0.15, 0.2) is 0 Å². The summed E-state index contributed by atoms with van der Waals surface area (Å²) in [7, 11) is 0. The van der Waals surface area contributed by atoms with E-state index in [4.69, 9.17) is 0 Å². The zero-order valence-electron chi connectivity index (χ0n) is 8.12. The van der Waals surface area contributed by atoms with Crippen molar-refractivity contribution in [3.8, 4) is 0 Å². The number of hydrogen-bond donors (Lipinski definition) is 0. The number of para-hydroxylation sites is 2. The Labute approximate surface area is 90.5 Å². The molecule has 0 fully saturated rings. The van der Waals surface area contributed by atoms with Crippen molar-refractivity contribution in [2.24, 2.45) is 0 Å². The molecule has 0 N–H and O–H groups in total. The monoisotopic (exact) mass is 282 g/mol. The van der Waals surface area contributed by atoms with E-state index < -0.39 is 21.7 Å². The Morgan fingerprint density at radius 3 is 1.85 bits per heavy atom. The molecular formula is C10H14N2Sn. The van der Waals surface area contributed by atoms with Gasteiger partial charge in [0.25, 0.3) is 0 Å². The van der Waals surface area contributed by atoms with Gasteiger partial charge in [0.05, 0.1) is 0 Å². The van der Waals surface area contributed by atoms with Gasteiger partial charge in [-0.1, -0.05) is 0 Å². The predicted octanol–water partition coefficient (Wildman–Crippen LogP) is 1.89. The summed E-state index contributed by atoms with van der Waals surface area (Å²) in [4.78, 5) is 0. The molecule has 0 amide bonds. The van der Waals surface area contributed by atoms with Crippen molar-refractivity contribution in [1.82, 2.24) is 0 Å². The van der Waals surface area contributed by atoms with E-state index in [0.29, 0.717) is 0 Å². The molecule has 0 spiro atoms. The summed E-state index contributed by atoms with van der Waals surface area (Å²) < 4.78 is 5.14. The maximum atomic E-state index is 2.57. The predicted molar refractivity (Wildman–Crippen MR) is 58.2 cm³/mol. The molecule has 2 rings (SSSR count). The average molecular weight is 281 g/mol. The number of rotatable bonds is 2. The first kappa shape index (κ1) is 9.18. The maximum absolute atomic E-state index is 2.57. The van der Waals surface area contributed by atoms with Crippen LogP contribution in [0.25, 0.3) is 0 Å². The summed E-state index contributed by atoms with van der Waals surface area (Å²) in [5.41, 5.74) is 2.91. The van der Waals surface area contributed by atoms with Gasteiger partial charge in [-0.3, -0.25) is 0 Å². The van der Waals surface area contributed by atoms with Crippen molar-refractivity contribution in [1.29, 1.82) is 0 Å². The van der Waals surface area contributed by atoms with Crippen LogP contribution in [0.4, 0.5) is 11.4 Å². The molecular weight excluding hydrogens is 267 g/mol. The third kappa shape index (κ3) is 1.52. The van der Waals surface area contributed by atoms with Crippen molar-refractivity contribution >= 4 is 33.1 Å². The van der Waals surface area contributed by atoms with Gasteiger partial charge >= 0.3 is 90.5 Å². The van der Waals surface area contributed by atoms with E-state index in [2.05, 4.69) is 44.4 Å². The van der Waals surface area contributed by atoms with Crippen molar-refractivity contribution in [3.05, 3.63) is 24.3 Å². The Morgan fingerprint density at radius 2 is 1.46 bits per heavy atom. The third-order valence-electron chi connectivity index (χ3n) is 2.34. The molecule has 0 atom stereocenters. The van der Waals surface area contributed by atoms with Crippen LogP contribution in [-0.4, -0.2) is 34.8 Å². The van der Waals surface area contributed by atoms with Crippen LogP contribution >= 0.6 is 0 Å². The van der Waals surface area contributed by atoms with E-state index in [0.717, 1.165) is 0 Å². The molecule has 0 saturated carbocycles. The summed E-state index contributed by atoms with van der Waals surface area (Å²) in [6.07, 6.45) is 0. The van der Waals surface area contributed by atoms with Gasteiger partial charge in [-0.05, 0) is 0 Å². The molecule has 1 aromatic rings. The number of benzene rings is 1. The summed E-state index contributed by atoms with van der Waals surface area (Å²) in [5.74, 6) is 0. The number of anilines is 2. The SMILES string of the molecule is CC[N]1[Sn][N](CC)c2ccccc21. The van der Waals surface area contributed by atoms with E-state index in [9.17, 15) is 0 Å². The zero-order chi connectivity index (χ0) is 9.26. The molecule has 1 aliphatic heterocycles. The van der Waals surface area contributed by atoms with E-state index in [1.807, 2.05) is 0 Å². The van der Waals surface area contributed by atoms with Gasteiger partial charge in [-0.25, -0.2) is 0 Å². The Kier molecular flexibility index (Phi) is 2.67. The Morgan fingerprint density at radius 1 is 1.00 bits per heavy atom. The van der Waals surface area contributed by atoms with E-state index in [-0.39, 0.29) is 0 Å². The molecule has 1 aromatic carbocycles. The van der Waals surface area contributed by atoms with Crippen molar-refractivity contribution < 1.29 is 0 Å². The number of hydrogen-bond acceptors (Lipinski definition) is 2. The van der Waals surface area contributed by atoms with Gasteiger partial charge in [0, 0.05) is 0 Å². The molecule has 0 aliphatic carbocycles. The van der Waals surface area contributed by atoms with Crippen LogP contribution in [0.2, 0.25) is 0 Å². The molecule has 13 heavy (non-hydrogen) atoms. The van der Waals surface area contributed by atoms with Crippen LogP contribution in [-0.2, 0) is 0 Å². The summed E-state index contributed by atoms with van der Waals surface area (Å²) in [6.45, 7) is 6.83. The molecule has 0 bridgehead atoms. The quantitative estimate of drug-likeness (QED) is 0.764. The Hall–Kier alpha value is -0.381. The minimum atomic E-state index is -0.499. The van der Waals surface area contributed by atoms with Crippen LogP contribution in [0.3, 0.4) is 0 Å². The van der Waals surface area contributed by atoms with Crippen LogP contribution in [0, 0.1) is 0 Å². The standard InChI is InChI=1S/C10H14N2.Sn/c1-3-11-9-7-5-6-8-10(9)12-4-2;/h5-8H,3-4H2,1-2H3;/q-2;+2. The molecule has 0 saturated heterocycles. The van der Waals surface area contributed by atoms with E-state index in [1.54, 1.807) is 0 Å². The molecule has 3 heteroatoms. The second-order valence-electron chi connectivity index (χ2n) is 3.08. The van der Waals surface area contributed by atoms with Crippen LogP contribution in [0.5, 0.6) is 0 Å². The third-order valence-corrected chi connectivity index (χ3v) is 6.90. The normalized spacial score (nSPS) is 14.9. The Balaban J connectivity index is 2.38. The summed E-state index contributed by atoms with van der Waals surface area (Å²) in [5, 5.41) is 0. The van der Waals surface area contributed by atoms with Gasteiger partial charge < -0.3 is 0 Å². The topological polar surface area (TPSA) is 6.48 Å². The zero-order valence-corrected chi connectivity index (χ0v) is 11.0. The van der Waals surface area contributed by atoms with Gasteiger partial charge in [-0.2, -0.15) is 0 Å². The van der Waals surface area contributed by atoms with Crippen molar-refractivity contribution in [2.75, 3.05) is 19.3 Å². The first-order chi connectivity index (χ1) is 6.36. The van der Waals surface area contributed by atoms with Gasteiger partial charge in [0.2, 0.25) is 0 Å². The van der Waals surface area contributed by atoms with Crippen LogP contribution in [0.1, 0.15) is 13.8 Å². The average Bonchev–Trinajstić information content (AvgIpc) is 2.56. The van der Waals surface area contributed by atoms with Crippen molar-refractivity contribution in [3.63, 3.8) is 0 Å². The fourth-order valence-electron chi connectivity index (χ4n) is 1.66. The van der Waals surface area contributed by atoms with Crippen molar-refractivity contribution in [2.45, 2.75) is 13.8 Å². The van der Waals surface area contributed by atoms with Gasteiger partial charge in [0.1, 0.15) is 0 Å².